The first-order valence-electron chi connectivity index (χ1n) is 5.71. The van der Waals surface area contributed by atoms with E-state index in [0.717, 1.165) is 16.8 Å². The second-order valence-electron chi connectivity index (χ2n) is 3.90. The van der Waals surface area contributed by atoms with Crippen LogP contribution in [0.1, 0.15) is 18.1 Å². The number of hydrogen-bond acceptors (Lipinski definition) is 3. The predicted octanol–water partition coefficient (Wildman–Crippen LogP) is 1.28. The number of methoxy groups -OCH3 is 1. The van der Waals surface area contributed by atoms with Crippen LogP contribution in [0.5, 0.6) is 0 Å². The maximum atomic E-state index is 11.6. The molecule has 0 radical (unpaired) electrons. The number of nitrogens with one attached hydrogen (secondary N) is 1. The highest BCUT2D eigenvalue weighted by atomic mass is 16.5. The fourth-order valence-electron chi connectivity index (χ4n) is 1.38. The average molecular weight is 246 g/mol. The average Bonchev–Trinajstić information content (AvgIpc) is 2.36. The van der Waals surface area contributed by atoms with Gasteiger partial charge in [-0.3, -0.25) is 4.79 Å². The summed E-state index contributed by atoms with van der Waals surface area (Å²) in [5.41, 5.74) is 7.98. The third kappa shape index (κ3) is 3.88. The lowest BCUT2D eigenvalue weighted by molar-refractivity contribution is -0.124. The Bertz CT molecular complexity index is 486. The number of carbonyl (C=O) groups is 1. The quantitative estimate of drug-likeness (QED) is 0.790. The minimum Gasteiger partial charge on any atom is -0.372 e. The molecule has 18 heavy (non-hydrogen) atoms. The number of amides is 1. The summed E-state index contributed by atoms with van der Waals surface area (Å²) in [5.74, 6) is 5.61. The number of aryl methyl sites for hydroxylation is 1. The van der Waals surface area contributed by atoms with Crippen molar-refractivity contribution in [2.45, 2.75) is 20.0 Å². The molecule has 0 aliphatic heterocycles. The second kappa shape index (κ2) is 6.80. The molecule has 96 valence electrons. The van der Waals surface area contributed by atoms with Gasteiger partial charge in [-0.2, -0.15) is 0 Å². The molecule has 1 aromatic rings. The van der Waals surface area contributed by atoms with Gasteiger partial charge in [-0.05, 0) is 37.6 Å². The molecule has 4 heteroatoms. The van der Waals surface area contributed by atoms with Crippen molar-refractivity contribution in [3.05, 3.63) is 29.3 Å². The zero-order valence-electron chi connectivity index (χ0n) is 10.9. The van der Waals surface area contributed by atoms with E-state index in [1.165, 1.54) is 7.11 Å². The fraction of sp³-hybridized carbons (Fsp3) is 0.357. The van der Waals surface area contributed by atoms with Gasteiger partial charge in [0.1, 0.15) is 6.10 Å². The third-order valence-electron chi connectivity index (χ3n) is 2.54. The van der Waals surface area contributed by atoms with E-state index in [2.05, 4.69) is 17.2 Å². The van der Waals surface area contributed by atoms with Crippen molar-refractivity contribution in [2.24, 2.45) is 5.73 Å². The number of hydrogen-bond donors (Lipinski definition) is 2. The van der Waals surface area contributed by atoms with Crippen LogP contribution in [0.25, 0.3) is 0 Å². The van der Waals surface area contributed by atoms with Gasteiger partial charge >= 0.3 is 0 Å². The van der Waals surface area contributed by atoms with Gasteiger partial charge in [0.25, 0.3) is 5.91 Å². The van der Waals surface area contributed by atoms with Crippen LogP contribution < -0.4 is 11.1 Å². The Kier molecular flexibility index (Phi) is 5.37. The van der Waals surface area contributed by atoms with E-state index in [4.69, 9.17) is 10.5 Å². The van der Waals surface area contributed by atoms with Crippen LogP contribution in [0, 0.1) is 18.8 Å². The molecule has 0 aliphatic carbocycles. The van der Waals surface area contributed by atoms with Crippen molar-refractivity contribution in [1.29, 1.82) is 0 Å². The normalized spacial score (nSPS) is 11.3. The van der Waals surface area contributed by atoms with Crippen LogP contribution in [0.2, 0.25) is 0 Å². The van der Waals surface area contributed by atoms with E-state index < -0.39 is 6.10 Å². The monoisotopic (exact) mass is 246 g/mol. The zero-order valence-corrected chi connectivity index (χ0v) is 10.9. The van der Waals surface area contributed by atoms with Crippen LogP contribution >= 0.6 is 0 Å². The predicted molar refractivity (Wildman–Crippen MR) is 72.2 cm³/mol. The van der Waals surface area contributed by atoms with Crippen molar-refractivity contribution in [2.75, 3.05) is 19.0 Å². The van der Waals surface area contributed by atoms with Crippen molar-refractivity contribution >= 4 is 11.6 Å². The summed E-state index contributed by atoms with van der Waals surface area (Å²) >= 11 is 0. The molecule has 0 spiro atoms. The van der Waals surface area contributed by atoms with Crippen molar-refractivity contribution < 1.29 is 9.53 Å². The van der Waals surface area contributed by atoms with Crippen molar-refractivity contribution in [1.82, 2.24) is 0 Å². The molecule has 1 amide bonds. The SMILES string of the molecule is COC(C)C(=O)Nc1ccc(C#CCN)c(C)c1. The van der Waals surface area contributed by atoms with E-state index in [1.807, 2.05) is 25.1 Å². The summed E-state index contributed by atoms with van der Waals surface area (Å²) in [6, 6.07) is 5.56. The maximum absolute atomic E-state index is 11.6. The summed E-state index contributed by atoms with van der Waals surface area (Å²) in [7, 11) is 1.50. The molecule has 0 fully saturated rings. The number of nitrogens with two attached hydrogens (primary N) is 1. The Labute approximate surface area is 108 Å². The van der Waals surface area contributed by atoms with Crippen LogP contribution in [-0.2, 0) is 9.53 Å². The highest BCUT2D eigenvalue weighted by molar-refractivity contribution is 5.94. The van der Waals surface area contributed by atoms with Gasteiger partial charge in [0.2, 0.25) is 0 Å². The van der Waals surface area contributed by atoms with E-state index >= 15 is 0 Å². The lowest BCUT2D eigenvalue weighted by Gasteiger charge is -2.11. The molecule has 0 aromatic heterocycles. The van der Waals surface area contributed by atoms with Gasteiger partial charge in [-0.25, -0.2) is 0 Å². The molecular formula is C14H18N2O2. The lowest BCUT2D eigenvalue weighted by atomic mass is 10.1. The molecule has 0 saturated heterocycles. The van der Waals surface area contributed by atoms with E-state index in [-0.39, 0.29) is 5.91 Å². The number of carbonyl (C=O) groups excluding carboxylic acids is 1. The first kappa shape index (κ1) is 14.2. The minimum atomic E-state index is -0.470. The molecule has 0 bridgehead atoms. The number of benzene rings is 1. The Morgan fingerprint density at radius 2 is 2.28 bits per heavy atom. The summed E-state index contributed by atoms with van der Waals surface area (Å²) in [6.45, 7) is 3.97. The van der Waals surface area contributed by atoms with Gasteiger partial charge < -0.3 is 15.8 Å². The molecule has 1 aromatic carbocycles. The zero-order chi connectivity index (χ0) is 13.5. The maximum Gasteiger partial charge on any atom is 0.253 e. The van der Waals surface area contributed by atoms with Crippen LogP contribution in [0.4, 0.5) is 5.69 Å². The Hall–Kier alpha value is -1.83. The number of rotatable bonds is 3. The molecule has 1 rings (SSSR count). The molecule has 0 heterocycles. The standard InChI is InChI=1S/C14H18N2O2/c1-10-9-13(16-14(17)11(2)18-3)7-6-12(10)5-4-8-15/h6-7,9,11H,8,15H2,1-3H3,(H,16,17). The first-order chi connectivity index (χ1) is 8.58. The Balaban J connectivity index is 2.82. The summed E-state index contributed by atoms with van der Waals surface area (Å²) in [5, 5.41) is 2.78. The molecule has 1 atom stereocenters. The number of ether oxygens (including phenoxy) is 1. The molecule has 4 nitrogen and oxygen atoms in total. The summed E-state index contributed by atoms with van der Waals surface area (Å²) in [4.78, 5) is 11.6. The van der Waals surface area contributed by atoms with Crippen LogP contribution in [0.15, 0.2) is 18.2 Å². The lowest BCUT2D eigenvalue weighted by Crippen LogP contribution is -2.26. The van der Waals surface area contributed by atoms with E-state index in [0.29, 0.717) is 6.54 Å². The summed E-state index contributed by atoms with van der Waals surface area (Å²) in [6.07, 6.45) is -0.470. The van der Waals surface area contributed by atoms with Crippen molar-refractivity contribution in [3.63, 3.8) is 0 Å². The highest BCUT2D eigenvalue weighted by Crippen LogP contribution is 2.14. The molecule has 1 unspecified atom stereocenters. The molecule has 0 aliphatic rings. The largest absolute Gasteiger partial charge is 0.372 e. The first-order valence-corrected chi connectivity index (χ1v) is 5.71. The van der Waals surface area contributed by atoms with Gasteiger partial charge in [0.05, 0.1) is 6.54 Å². The van der Waals surface area contributed by atoms with Gasteiger partial charge in [-0.15, -0.1) is 0 Å². The summed E-state index contributed by atoms with van der Waals surface area (Å²) < 4.78 is 4.94. The topological polar surface area (TPSA) is 64.3 Å². The third-order valence-corrected chi connectivity index (χ3v) is 2.54. The van der Waals surface area contributed by atoms with E-state index in [1.54, 1.807) is 6.92 Å². The van der Waals surface area contributed by atoms with Crippen LogP contribution in [-0.4, -0.2) is 25.7 Å². The van der Waals surface area contributed by atoms with E-state index in [9.17, 15) is 4.79 Å². The molecular weight excluding hydrogens is 228 g/mol. The van der Waals surface area contributed by atoms with Gasteiger partial charge in [0, 0.05) is 18.4 Å². The Morgan fingerprint density at radius 1 is 1.56 bits per heavy atom. The van der Waals surface area contributed by atoms with Gasteiger partial charge in [-0.1, -0.05) is 11.8 Å². The molecule has 0 saturated carbocycles. The number of anilines is 1. The smallest absolute Gasteiger partial charge is 0.253 e. The second-order valence-corrected chi connectivity index (χ2v) is 3.90. The van der Waals surface area contributed by atoms with Gasteiger partial charge in [0.15, 0.2) is 0 Å². The van der Waals surface area contributed by atoms with Crippen molar-refractivity contribution in [3.8, 4) is 11.8 Å². The molecule has 3 N–H and O–H groups in total. The highest BCUT2D eigenvalue weighted by Gasteiger charge is 2.11. The minimum absolute atomic E-state index is 0.169. The van der Waals surface area contributed by atoms with Crippen LogP contribution in [0.3, 0.4) is 0 Å². The fourth-order valence-corrected chi connectivity index (χ4v) is 1.38. The Morgan fingerprint density at radius 3 is 2.83 bits per heavy atom.